The minimum Gasteiger partial charge on any atom is -0.492 e. The van der Waals surface area contributed by atoms with Gasteiger partial charge in [0.15, 0.2) is 5.11 Å². The van der Waals surface area contributed by atoms with E-state index >= 15 is 0 Å². The zero-order chi connectivity index (χ0) is 17.5. The molecule has 3 rings (SSSR count). The first-order valence-corrected chi connectivity index (χ1v) is 10.1. The molecule has 0 radical (unpaired) electrons. The van der Waals surface area contributed by atoms with Crippen LogP contribution in [0.25, 0.3) is 0 Å². The maximum atomic E-state index is 5.66. The summed E-state index contributed by atoms with van der Waals surface area (Å²) in [5.41, 5.74) is 0.939. The second-order valence-corrected chi connectivity index (χ2v) is 7.44. The molecular weight excluding hydrogens is 350 g/mol. The number of benzene rings is 1. The molecule has 0 spiro atoms. The largest absolute Gasteiger partial charge is 0.492 e. The van der Waals surface area contributed by atoms with Gasteiger partial charge in [-0.3, -0.25) is 4.90 Å². The lowest BCUT2D eigenvalue weighted by molar-refractivity contribution is 0.186. The topological polar surface area (TPSA) is 27.7 Å². The van der Waals surface area contributed by atoms with Crippen LogP contribution in [0, 0.1) is 0 Å². The third kappa shape index (κ3) is 5.17. The van der Waals surface area contributed by atoms with Crippen molar-refractivity contribution in [1.82, 2.24) is 9.80 Å². The predicted octanol–water partition coefficient (Wildman–Crippen LogP) is 3.70. The highest BCUT2D eigenvalue weighted by molar-refractivity contribution is 7.80. The Labute approximate surface area is 159 Å². The van der Waals surface area contributed by atoms with Crippen LogP contribution in [0.5, 0.6) is 5.75 Å². The van der Waals surface area contributed by atoms with Gasteiger partial charge in [-0.25, -0.2) is 0 Å². The molecule has 1 fully saturated rings. The van der Waals surface area contributed by atoms with Crippen LogP contribution in [0.4, 0.5) is 5.69 Å². The molecule has 4 nitrogen and oxygen atoms in total. The number of rotatable bonds is 6. The lowest BCUT2D eigenvalue weighted by Gasteiger charge is -2.36. The van der Waals surface area contributed by atoms with Crippen LogP contribution in [0.1, 0.15) is 11.8 Å². The second kappa shape index (κ2) is 9.17. The van der Waals surface area contributed by atoms with Crippen LogP contribution in [-0.2, 0) is 6.42 Å². The zero-order valence-electron chi connectivity index (χ0n) is 14.6. The fraction of sp³-hybridized carbons (Fsp3) is 0.421. The normalized spacial score (nSPS) is 15.2. The molecule has 134 valence electrons. The Hall–Kier alpha value is -1.63. The van der Waals surface area contributed by atoms with Crippen molar-refractivity contribution in [3.63, 3.8) is 0 Å². The van der Waals surface area contributed by atoms with E-state index < -0.39 is 0 Å². The minimum absolute atomic E-state index is 0.647. The molecule has 0 unspecified atom stereocenters. The van der Waals surface area contributed by atoms with Gasteiger partial charge in [-0.2, -0.15) is 0 Å². The van der Waals surface area contributed by atoms with Crippen LogP contribution < -0.4 is 10.1 Å². The number of anilines is 1. The molecule has 2 heterocycles. The van der Waals surface area contributed by atoms with E-state index in [9.17, 15) is 0 Å². The Morgan fingerprint density at radius 1 is 1.16 bits per heavy atom. The van der Waals surface area contributed by atoms with E-state index in [1.165, 1.54) is 4.88 Å². The smallest absolute Gasteiger partial charge is 0.173 e. The number of hydrogen-bond donors (Lipinski definition) is 1. The van der Waals surface area contributed by atoms with E-state index in [2.05, 4.69) is 32.6 Å². The lowest BCUT2D eigenvalue weighted by atomic mass is 10.2. The molecule has 0 atom stereocenters. The van der Waals surface area contributed by atoms with Gasteiger partial charge in [0, 0.05) is 37.6 Å². The maximum Gasteiger partial charge on any atom is 0.173 e. The van der Waals surface area contributed by atoms with Crippen LogP contribution in [0.2, 0.25) is 0 Å². The number of piperazine rings is 1. The third-order valence-corrected chi connectivity index (χ3v) is 5.64. The molecule has 1 N–H and O–H groups in total. The highest BCUT2D eigenvalue weighted by Crippen LogP contribution is 2.24. The van der Waals surface area contributed by atoms with Crippen molar-refractivity contribution in [2.24, 2.45) is 0 Å². The van der Waals surface area contributed by atoms with E-state index in [0.29, 0.717) is 6.61 Å². The van der Waals surface area contributed by atoms with Gasteiger partial charge in [-0.15, -0.1) is 11.3 Å². The monoisotopic (exact) mass is 375 g/mol. The van der Waals surface area contributed by atoms with Gasteiger partial charge in [0.1, 0.15) is 5.75 Å². The highest BCUT2D eigenvalue weighted by Gasteiger charge is 2.19. The number of hydrogen-bond acceptors (Lipinski definition) is 4. The first-order valence-electron chi connectivity index (χ1n) is 8.78. The standard InChI is InChI=1S/C19H25N3OS2/c1-2-23-18-8-4-3-7-17(18)20-19(24)22-13-11-21(12-14-22)10-9-16-6-5-15-25-16/h3-8,15H,2,9-14H2,1H3,(H,20,24). The van der Waals surface area contributed by atoms with E-state index in [1.807, 2.05) is 42.5 Å². The Kier molecular flexibility index (Phi) is 6.67. The molecule has 1 aromatic carbocycles. The minimum atomic E-state index is 0.647. The molecule has 0 amide bonds. The fourth-order valence-electron chi connectivity index (χ4n) is 2.94. The van der Waals surface area contributed by atoms with E-state index in [4.69, 9.17) is 17.0 Å². The molecule has 0 bridgehead atoms. The summed E-state index contributed by atoms with van der Waals surface area (Å²) in [7, 11) is 0. The van der Waals surface area contributed by atoms with Crippen LogP contribution in [0.3, 0.4) is 0 Å². The summed E-state index contributed by atoms with van der Waals surface area (Å²) in [4.78, 5) is 6.24. The number of para-hydroxylation sites is 2. The average Bonchev–Trinajstić information content (AvgIpc) is 3.16. The summed E-state index contributed by atoms with van der Waals surface area (Å²) >= 11 is 7.45. The first-order chi connectivity index (χ1) is 12.3. The van der Waals surface area contributed by atoms with Crippen LogP contribution in [0.15, 0.2) is 41.8 Å². The van der Waals surface area contributed by atoms with E-state index in [-0.39, 0.29) is 0 Å². The highest BCUT2D eigenvalue weighted by atomic mass is 32.1. The van der Waals surface area contributed by atoms with Crippen molar-refractivity contribution in [2.45, 2.75) is 13.3 Å². The maximum absolute atomic E-state index is 5.66. The number of nitrogens with zero attached hydrogens (tertiary/aromatic N) is 2. The van der Waals surface area contributed by atoms with Crippen molar-refractivity contribution in [3.05, 3.63) is 46.7 Å². The lowest BCUT2D eigenvalue weighted by Crippen LogP contribution is -2.50. The van der Waals surface area contributed by atoms with Crippen molar-refractivity contribution >= 4 is 34.4 Å². The first kappa shape index (κ1) is 18.2. The predicted molar refractivity (Wildman–Crippen MR) is 110 cm³/mol. The number of thiophene rings is 1. The Bertz CT molecular complexity index is 667. The molecule has 6 heteroatoms. The van der Waals surface area contributed by atoms with Gasteiger partial charge < -0.3 is 15.0 Å². The number of nitrogens with one attached hydrogen (secondary N) is 1. The Morgan fingerprint density at radius 3 is 2.68 bits per heavy atom. The number of ether oxygens (including phenoxy) is 1. The van der Waals surface area contributed by atoms with Crippen molar-refractivity contribution in [2.75, 3.05) is 44.6 Å². The molecule has 1 aromatic heterocycles. The van der Waals surface area contributed by atoms with Gasteiger partial charge in [-0.1, -0.05) is 18.2 Å². The molecule has 0 saturated carbocycles. The van der Waals surface area contributed by atoms with Crippen molar-refractivity contribution < 1.29 is 4.74 Å². The summed E-state index contributed by atoms with van der Waals surface area (Å²) < 4.78 is 5.66. The summed E-state index contributed by atoms with van der Waals surface area (Å²) in [5.74, 6) is 0.849. The quantitative estimate of drug-likeness (QED) is 0.777. The van der Waals surface area contributed by atoms with Gasteiger partial charge in [0.25, 0.3) is 0 Å². The van der Waals surface area contributed by atoms with Crippen LogP contribution >= 0.6 is 23.6 Å². The molecule has 2 aromatic rings. The van der Waals surface area contributed by atoms with E-state index in [1.54, 1.807) is 0 Å². The summed E-state index contributed by atoms with van der Waals surface area (Å²) in [6, 6.07) is 12.3. The summed E-state index contributed by atoms with van der Waals surface area (Å²) in [5, 5.41) is 6.28. The van der Waals surface area contributed by atoms with Crippen molar-refractivity contribution in [1.29, 1.82) is 0 Å². The SMILES string of the molecule is CCOc1ccccc1NC(=S)N1CCN(CCc2cccs2)CC1. The fourth-order valence-corrected chi connectivity index (χ4v) is 3.93. The van der Waals surface area contributed by atoms with Gasteiger partial charge in [0.05, 0.1) is 12.3 Å². The van der Waals surface area contributed by atoms with Gasteiger partial charge in [-0.05, 0) is 49.1 Å². The van der Waals surface area contributed by atoms with Crippen molar-refractivity contribution in [3.8, 4) is 5.75 Å². The zero-order valence-corrected chi connectivity index (χ0v) is 16.2. The van der Waals surface area contributed by atoms with Gasteiger partial charge in [0.2, 0.25) is 0 Å². The summed E-state index contributed by atoms with van der Waals surface area (Å²) in [6.07, 6.45) is 1.14. The molecule has 1 aliphatic rings. The molecular formula is C19H25N3OS2. The Balaban J connectivity index is 1.47. The molecule has 1 aliphatic heterocycles. The van der Waals surface area contributed by atoms with Crippen LogP contribution in [-0.4, -0.2) is 54.2 Å². The third-order valence-electron chi connectivity index (χ3n) is 4.34. The Morgan fingerprint density at radius 2 is 1.96 bits per heavy atom. The van der Waals surface area contributed by atoms with E-state index in [0.717, 1.165) is 55.7 Å². The van der Waals surface area contributed by atoms with Gasteiger partial charge >= 0.3 is 0 Å². The molecule has 25 heavy (non-hydrogen) atoms. The molecule has 0 aliphatic carbocycles. The number of thiocarbonyl (C=S) groups is 1. The second-order valence-electron chi connectivity index (χ2n) is 6.02. The summed E-state index contributed by atoms with van der Waals surface area (Å²) in [6.45, 7) is 7.81. The average molecular weight is 376 g/mol. The molecule has 1 saturated heterocycles.